The zero-order valence-electron chi connectivity index (χ0n) is 26.0. The molecule has 47 heavy (non-hydrogen) atoms. The molecule has 2 heterocycles. The van der Waals surface area contributed by atoms with E-state index in [1.807, 2.05) is 6.07 Å². The molecule has 2 N–H and O–H groups in total. The summed E-state index contributed by atoms with van der Waals surface area (Å²) in [5.74, 6) is -1.56. The highest BCUT2D eigenvalue weighted by atomic mass is 19.4. The number of esters is 1. The number of alkyl halides is 3. The van der Waals surface area contributed by atoms with Crippen LogP contribution in [0.5, 0.6) is 0 Å². The molecule has 0 bridgehead atoms. The van der Waals surface area contributed by atoms with Crippen molar-refractivity contribution >= 4 is 11.7 Å². The maximum atomic E-state index is 15.0. The monoisotopic (exact) mass is 653 g/mol. The zero-order chi connectivity index (χ0) is 33.9. The third kappa shape index (κ3) is 7.31. The Kier molecular flexibility index (Phi) is 9.96. The maximum Gasteiger partial charge on any atom is 0.416 e. The number of carbonyl (C=O) groups is 1. The summed E-state index contributed by atoms with van der Waals surface area (Å²) in [4.78, 5) is 43.8. The Balaban J connectivity index is 1.50. The van der Waals surface area contributed by atoms with Crippen LogP contribution >= 0.6 is 0 Å². The van der Waals surface area contributed by atoms with Crippen molar-refractivity contribution in [2.24, 2.45) is 5.73 Å². The van der Waals surface area contributed by atoms with Crippen LogP contribution in [0, 0.1) is 12.7 Å². The number of nitrogens with zero attached hydrogens (tertiary/aromatic N) is 4. The fourth-order valence-electron chi connectivity index (χ4n) is 5.95. The molecule has 0 amide bonds. The summed E-state index contributed by atoms with van der Waals surface area (Å²) in [6.45, 7) is 2.78. The highest BCUT2D eigenvalue weighted by Gasteiger charge is 2.35. The summed E-state index contributed by atoms with van der Waals surface area (Å²) in [6.07, 6.45) is -4.87. The van der Waals surface area contributed by atoms with Gasteiger partial charge in [-0.25, -0.2) is 14.0 Å². The van der Waals surface area contributed by atoms with E-state index < -0.39 is 52.9 Å². The Labute approximate surface area is 268 Å². The fourth-order valence-corrected chi connectivity index (χ4v) is 5.95. The van der Waals surface area contributed by atoms with E-state index in [2.05, 4.69) is 4.90 Å². The molecule has 0 spiro atoms. The summed E-state index contributed by atoms with van der Waals surface area (Å²) in [7, 11) is 1.31. The Morgan fingerprint density at radius 1 is 0.915 bits per heavy atom. The van der Waals surface area contributed by atoms with E-state index in [1.165, 1.54) is 14.0 Å². The van der Waals surface area contributed by atoms with Gasteiger partial charge in [0.1, 0.15) is 11.5 Å². The highest BCUT2D eigenvalue weighted by Crippen LogP contribution is 2.33. The Morgan fingerprint density at radius 3 is 2.26 bits per heavy atom. The van der Waals surface area contributed by atoms with Crippen LogP contribution in [-0.4, -0.2) is 53.3 Å². The number of nitrogens with two attached hydrogens (primary N) is 1. The lowest BCUT2D eigenvalue weighted by Gasteiger charge is -2.37. The second kappa shape index (κ2) is 13.9. The average Bonchev–Trinajstić information content (AvgIpc) is 3.06. The van der Waals surface area contributed by atoms with E-state index in [9.17, 15) is 31.9 Å². The van der Waals surface area contributed by atoms with Crippen molar-refractivity contribution in [2.75, 3.05) is 38.2 Å². The van der Waals surface area contributed by atoms with Crippen LogP contribution in [0.3, 0.4) is 0 Å². The molecule has 0 unspecified atom stereocenters. The largest absolute Gasteiger partial charge is 0.465 e. The number of aromatic nitrogens is 2. The van der Waals surface area contributed by atoms with Crippen LogP contribution in [-0.2, 0) is 30.5 Å². The molecule has 1 saturated heterocycles. The quantitative estimate of drug-likeness (QED) is 0.212. The van der Waals surface area contributed by atoms with Gasteiger partial charge in [-0.1, -0.05) is 48.5 Å². The van der Waals surface area contributed by atoms with Gasteiger partial charge in [0.05, 0.1) is 31.3 Å². The molecule has 5 rings (SSSR count). The van der Waals surface area contributed by atoms with Gasteiger partial charge >= 0.3 is 17.8 Å². The van der Waals surface area contributed by atoms with Gasteiger partial charge in [-0.05, 0) is 42.3 Å². The van der Waals surface area contributed by atoms with Crippen LogP contribution in [0.2, 0.25) is 0 Å². The molecular weight excluding hydrogens is 618 g/mol. The summed E-state index contributed by atoms with van der Waals surface area (Å²) >= 11 is 0. The number of benzene rings is 3. The normalized spacial score (nSPS) is 14.7. The lowest BCUT2D eigenvalue weighted by molar-refractivity contribution is -0.138. The van der Waals surface area contributed by atoms with Crippen molar-refractivity contribution in [3.63, 3.8) is 0 Å². The molecule has 9 nitrogen and oxygen atoms in total. The minimum atomic E-state index is -4.87. The van der Waals surface area contributed by atoms with Crippen molar-refractivity contribution in [3.05, 3.63) is 133 Å². The molecule has 0 radical (unpaired) electrons. The topological polar surface area (TPSA) is 103 Å². The van der Waals surface area contributed by atoms with Crippen LogP contribution in [0.15, 0.2) is 82.4 Å². The van der Waals surface area contributed by atoms with E-state index in [1.54, 1.807) is 53.4 Å². The summed E-state index contributed by atoms with van der Waals surface area (Å²) in [5.41, 5.74) is 5.24. The number of carbonyl (C=O) groups excluding carboxylic acids is 1. The zero-order valence-corrected chi connectivity index (χ0v) is 26.0. The molecule has 1 aliphatic heterocycles. The van der Waals surface area contributed by atoms with Crippen molar-refractivity contribution in [2.45, 2.75) is 38.8 Å². The molecule has 1 fully saturated rings. The number of hydrogen-bond donors (Lipinski definition) is 1. The van der Waals surface area contributed by atoms with Crippen LogP contribution in [0.4, 0.5) is 23.2 Å². The third-order valence-electron chi connectivity index (χ3n) is 8.45. The molecule has 13 heteroatoms. The molecule has 0 aliphatic carbocycles. The van der Waals surface area contributed by atoms with Gasteiger partial charge in [-0.3, -0.25) is 18.8 Å². The van der Waals surface area contributed by atoms with E-state index in [0.717, 1.165) is 32.9 Å². The number of methoxy groups -OCH3 is 1. The van der Waals surface area contributed by atoms with E-state index in [0.29, 0.717) is 43.9 Å². The van der Waals surface area contributed by atoms with Gasteiger partial charge in [-0.2, -0.15) is 13.2 Å². The molecular formula is C34H35F4N5O4. The maximum absolute atomic E-state index is 15.0. The minimum Gasteiger partial charge on any atom is -0.465 e. The molecule has 0 saturated carbocycles. The second-order valence-electron chi connectivity index (χ2n) is 11.5. The minimum absolute atomic E-state index is 0.125. The number of ether oxygens (including phenoxy) is 1. The first kappa shape index (κ1) is 33.6. The van der Waals surface area contributed by atoms with E-state index in [-0.39, 0.29) is 17.9 Å². The van der Waals surface area contributed by atoms with Crippen molar-refractivity contribution < 1.29 is 27.1 Å². The SMILES string of the molecule is COC(=O)c1cccc(CN2CCN(c3c(C)n(Cc4c(F)cccc4C(F)(F)F)c(=O)n(C[C@H](N)c4ccccc4)c3=O)CC2)c1. The van der Waals surface area contributed by atoms with Crippen LogP contribution in [0.1, 0.15) is 44.3 Å². The molecule has 1 aromatic heterocycles. The predicted molar refractivity (Wildman–Crippen MR) is 169 cm³/mol. The van der Waals surface area contributed by atoms with Crippen molar-refractivity contribution in [1.82, 2.24) is 14.0 Å². The third-order valence-corrected chi connectivity index (χ3v) is 8.45. The van der Waals surface area contributed by atoms with Gasteiger partial charge in [0, 0.05) is 50.0 Å². The van der Waals surface area contributed by atoms with E-state index >= 15 is 0 Å². The summed E-state index contributed by atoms with van der Waals surface area (Å²) in [6, 6.07) is 17.8. The highest BCUT2D eigenvalue weighted by molar-refractivity contribution is 5.89. The first-order valence-corrected chi connectivity index (χ1v) is 15.0. The first-order valence-electron chi connectivity index (χ1n) is 15.0. The van der Waals surface area contributed by atoms with Gasteiger partial charge in [-0.15, -0.1) is 0 Å². The number of hydrogen-bond acceptors (Lipinski definition) is 7. The second-order valence-corrected chi connectivity index (χ2v) is 11.5. The Morgan fingerprint density at radius 2 is 1.60 bits per heavy atom. The first-order chi connectivity index (χ1) is 22.4. The smallest absolute Gasteiger partial charge is 0.416 e. The Hall–Kier alpha value is -4.75. The van der Waals surface area contributed by atoms with Gasteiger partial charge in [0.15, 0.2) is 0 Å². The van der Waals surface area contributed by atoms with Gasteiger partial charge < -0.3 is 15.4 Å². The van der Waals surface area contributed by atoms with Crippen LogP contribution in [0.25, 0.3) is 0 Å². The number of rotatable bonds is 9. The van der Waals surface area contributed by atoms with Crippen molar-refractivity contribution in [3.8, 4) is 0 Å². The molecule has 4 aromatic rings. The van der Waals surface area contributed by atoms with Crippen molar-refractivity contribution in [1.29, 1.82) is 0 Å². The molecule has 1 atom stereocenters. The standard InChI is InChI=1S/C34H35F4N5O4/c1-22-30(41-16-14-40(15-17-41)19-23-8-6-11-25(18-23)32(45)47-2)31(44)43(21-29(39)24-9-4-3-5-10-24)33(46)42(22)20-26-27(34(36,37)38)12-7-13-28(26)35/h3-13,18,29H,14-17,19-21,39H2,1-2H3/t29-/m0/s1. The summed E-state index contributed by atoms with van der Waals surface area (Å²) < 4.78 is 63.5. The molecule has 1 aliphatic rings. The summed E-state index contributed by atoms with van der Waals surface area (Å²) in [5, 5.41) is 0. The lowest BCUT2D eigenvalue weighted by Crippen LogP contribution is -2.51. The number of piperazine rings is 1. The lowest BCUT2D eigenvalue weighted by atomic mass is 10.1. The van der Waals surface area contributed by atoms with Gasteiger partial charge in [0.2, 0.25) is 0 Å². The van der Waals surface area contributed by atoms with E-state index in [4.69, 9.17) is 10.5 Å². The Bertz CT molecular complexity index is 1870. The number of anilines is 1. The van der Waals surface area contributed by atoms with Gasteiger partial charge in [0.25, 0.3) is 5.56 Å². The van der Waals surface area contributed by atoms with Crippen LogP contribution < -0.4 is 21.9 Å². The fraction of sp³-hybridized carbons (Fsp3) is 0.324. The number of halogens is 4. The average molecular weight is 654 g/mol. The predicted octanol–water partition coefficient (Wildman–Crippen LogP) is 4.33. The molecule has 3 aromatic carbocycles. The molecule has 248 valence electrons.